The summed E-state index contributed by atoms with van der Waals surface area (Å²) in [5.74, 6) is -1.25. The monoisotopic (exact) mass is 430 g/mol. The molecule has 7 heteroatoms. The lowest BCUT2D eigenvalue weighted by molar-refractivity contribution is -0.133. The van der Waals surface area contributed by atoms with Gasteiger partial charge in [0.15, 0.2) is 5.78 Å². The Morgan fingerprint density at radius 1 is 1.16 bits per heavy atom. The second kappa shape index (κ2) is 10.4. The maximum atomic E-state index is 13.5. The first-order valence-electron chi connectivity index (χ1n) is 10.5. The number of hydrogen-bond acceptors (Lipinski definition) is 4. The van der Waals surface area contributed by atoms with Gasteiger partial charge in [-0.2, -0.15) is 0 Å². The van der Waals surface area contributed by atoms with Crippen molar-refractivity contribution in [1.29, 1.82) is 0 Å². The van der Waals surface area contributed by atoms with Gasteiger partial charge in [-0.1, -0.05) is 25.5 Å². The zero-order chi connectivity index (χ0) is 23.3. The minimum absolute atomic E-state index is 0.133. The van der Waals surface area contributed by atoms with Crippen molar-refractivity contribution in [3.63, 3.8) is 0 Å². The summed E-state index contributed by atoms with van der Waals surface area (Å²) < 4.78 is 19.8. The third kappa shape index (κ3) is 5.21. The number of Topliss-reactive ketones (excluding diaryl/α,β-unsaturated/α-hetero) is 1. The van der Waals surface area contributed by atoms with Gasteiger partial charge >= 0.3 is 5.97 Å². The van der Waals surface area contributed by atoms with Gasteiger partial charge in [0.05, 0.1) is 13.2 Å². The fraction of sp³-hybridized carbons (Fsp3) is 0.458. The first-order chi connectivity index (χ1) is 14.6. The molecule has 0 aliphatic carbocycles. The highest BCUT2D eigenvalue weighted by atomic mass is 19.1. The molecule has 1 aromatic carbocycles. The largest absolute Gasteiger partial charge is 0.464 e. The van der Waals surface area contributed by atoms with Crippen molar-refractivity contribution in [1.82, 2.24) is 9.47 Å². The summed E-state index contributed by atoms with van der Waals surface area (Å²) in [6.45, 7) is 7.37. The molecule has 1 atom stereocenters. The maximum absolute atomic E-state index is 13.5. The van der Waals surface area contributed by atoms with Crippen molar-refractivity contribution in [3.05, 3.63) is 58.2 Å². The van der Waals surface area contributed by atoms with Crippen molar-refractivity contribution in [2.45, 2.75) is 59.5 Å². The van der Waals surface area contributed by atoms with Crippen LogP contribution in [0.1, 0.15) is 70.8 Å². The fourth-order valence-electron chi connectivity index (χ4n) is 3.78. The lowest BCUT2D eigenvalue weighted by Gasteiger charge is -2.29. The number of halogens is 1. The molecule has 168 valence electrons. The SMILES string of the molecule is CCCCC(=O)N(Cc1ccc(F)cc1)[C@@H](C)C(=O)c1c(C)c(C(=O)OC)n(C)c1C. The Bertz CT molecular complexity index is 963. The predicted octanol–water partition coefficient (Wildman–Crippen LogP) is 4.36. The molecule has 0 bridgehead atoms. The third-order valence-corrected chi connectivity index (χ3v) is 5.73. The lowest BCUT2D eigenvalue weighted by Crippen LogP contribution is -2.43. The second-order valence-corrected chi connectivity index (χ2v) is 7.78. The van der Waals surface area contributed by atoms with Gasteiger partial charge in [0.2, 0.25) is 5.91 Å². The molecule has 0 aliphatic rings. The quantitative estimate of drug-likeness (QED) is 0.438. The average Bonchev–Trinajstić information content (AvgIpc) is 2.98. The molecule has 6 nitrogen and oxygen atoms in total. The molecule has 0 saturated heterocycles. The fourth-order valence-corrected chi connectivity index (χ4v) is 3.78. The van der Waals surface area contributed by atoms with Crippen LogP contribution in [0.2, 0.25) is 0 Å². The van der Waals surface area contributed by atoms with E-state index < -0.39 is 12.0 Å². The van der Waals surface area contributed by atoms with Gasteiger partial charge in [0, 0.05) is 31.3 Å². The minimum atomic E-state index is -0.750. The molecule has 1 aromatic heterocycles. The van der Waals surface area contributed by atoms with E-state index in [1.807, 2.05) is 6.92 Å². The number of esters is 1. The van der Waals surface area contributed by atoms with E-state index in [0.717, 1.165) is 18.4 Å². The number of hydrogen-bond donors (Lipinski definition) is 0. The Morgan fingerprint density at radius 3 is 2.32 bits per heavy atom. The summed E-state index contributed by atoms with van der Waals surface area (Å²) in [5, 5.41) is 0. The number of nitrogens with zero attached hydrogens (tertiary/aromatic N) is 2. The third-order valence-electron chi connectivity index (χ3n) is 5.73. The minimum Gasteiger partial charge on any atom is -0.464 e. The molecular weight excluding hydrogens is 399 g/mol. The standard InChI is InChI=1S/C24H31FN2O4/c1-7-8-9-20(28)27(14-18-10-12-19(25)13-11-18)17(4)23(29)21-15(2)22(24(30)31-6)26(5)16(21)3/h10-13,17H,7-9,14H2,1-6H3/t17-/m0/s1. The zero-order valence-electron chi connectivity index (χ0n) is 19.1. The first kappa shape index (κ1) is 24.3. The van der Waals surface area contributed by atoms with E-state index in [1.165, 1.54) is 24.1 Å². The molecular formula is C24H31FN2O4. The van der Waals surface area contributed by atoms with Crippen LogP contribution in [-0.2, 0) is 23.1 Å². The molecule has 31 heavy (non-hydrogen) atoms. The Kier molecular flexibility index (Phi) is 8.14. The van der Waals surface area contributed by atoms with Gasteiger partial charge in [-0.25, -0.2) is 9.18 Å². The summed E-state index contributed by atoms with van der Waals surface area (Å²) >= 11 is 0. The molecule has 0 spiro atoms. The molecule has 0 unspecified atom stereocenters. The van der Waals surface area contributed by atoms with Crippen LogP contribution in [0, 0.1) is 19.7 Å². The maximum Gasteiger partial charge on any atom is 0.354 e. The highest BCUT2D eigenvalue weighted by Gasteiger charge is 2.32. The van der Waals surface area contributed by atoms with E-state index in [1.54, 1.807) is 44.5 Å². The molecule has 1 heterocycles. The van der Waals surface area contributed by atoms with E-state index in [-0.39, 0.29) is 24.1 Å². The highest BCUT2D eigenvalue weighted by molar-refractivity contribution is 6.06. The summed E-state index contributed by atoms with van der Waals surface area (Å²) in [6, 6.07) is 5.15. The number of carbonyl (C=O) groups is 3. The molecule has 1 amide bonds. The van der Waals surface area contributed by atoms with Crippen LogP contribution in [0.15, 0.2) is 24.3 Å². The molecule has 2 aromatic rings. The zero-order valence-corrected chi connectivity index (χ0v) is 19.1. The van der Waals surface area contributed by atoms with Gasteiger partial charge in [0.1, 0.15) is 11.5 Å². The van der Waals surface area contributed by atoms with Crippen LogP contribution in [0.3, 0.4) is 0 Å². The summed E-state index contributed by atoms with van der Waals surface area (Å²) in [5.41, 5.74) is 2.65. The van der Waals surface area contributed by atoms with E-state index in [0.29, 0.717) is 28.9 Å². The Labute approximate surface area is 183 Å². The summed E-state index contributed by atoms with van der Waals surface area (Å²) in [6.07, 6.45) is 1.91. The van der Waals surface area contributed by atoms with Gasteiger partial charge < -0.3 is 14.2 Å². The lowest BCUT2D eigenvalue weighted by atomic mass is 9.99. The van der Waals surface area contributed by atoms with Crippen molar-refractivity contribution in [3.8, 4) is 0 Å². The van der Waals surface area contributed by atoms with Crippen LogP contribution in [0.4, 0.5) is 4.39 Å². The summed E-state index contributed by atoms with van der Waals surface area (Å²) in [4.78, 5) is 40.2. The molecule has 0 fully saturated rings. The topological polar surface area (TPSA) is 68.6 Å². The number of benzene rings is 1. The molecule has 2 rings (SSSR count). The van der Waals surface area contributed by atoms with Crippen molar-refractivity contribution in [2.24, 2.45) is 7.05 Å². The van der Waals surface area contributed by atoms with Crippen LogP contribution >= 0.6 is 0 Å². The van der Waals surface area contributed by atoms with Crippen LogP contribution in [0.5, 0.6) is 0 Å². The van der Waals surface area contributed by atoms with Gasteiger partial charge in [-0.05, 0) is 50.5 Å². The Balaban J connectivity index is 2.42. The number of amides is 1. The first-order valence-corrected chi connectivity index (χ1v) is 10.5. The average molecular weight is 431 g/mol. The Hall–Kier alpha value is -2.96. The number of ether oxygens (including phenoxy) is 1. The smallest absolute Gasteiger partial charge is 0.354 e. The van der Waals surface area contributed by atoms with Gasteiger partial charge in [0.25, 0.3) is 0 Å². The number of methoxy groups -OCH3 is 1. The van der Waals surface area contributed by atoms with E-state index in [2.05, 4.69) is 0 Å². The number of unbranched alkanes of at least 4 members (excludes halogenated alkanes) is 1. The molecule has 0 radical (unpaired) electrons. The van der Waals surface area contributed by atoms with Crippen LogP contribution in [0.25, 0.3) is 0 Å². The molecule has 0 N–H and O–H groups in total. The number of rotatable bonds is 9. The van der Waals surface area contributed by atoms with Gasteiger partial charge in [-0.15, -0.1) is 0 Å². The van der Waals surface area contributed by atoms with E-state index in [9.17, 15) is 18.8 Å². The Morgan fingerprint density at radius 2 is 1.77 bits per heavy atom. The van der Waals surface area contributed by atoms with Gasteiger partial charge in [-0.3, -0.25) is 9.59 Å². The number of carbonyl (C=O) groups excluding carboxylic acids is 3. The number of aromatic nitrogens is 1. The predicted molar refractivity (Wildman–Crippen MR) is 116 cm³/mol. The van der Waals surface area contributed by atoms with E-state index in [4.69, 9.17) is 4.74 Å². The molecule has 0 saturated carbocycles. The number of ketones is 1. The van der Waals surface area contributed by atoms with E-state index >= 15 is 0 Å². The van der Waals surface area contributed by atoms with Crippen LogP contribution in [-0.4, -0.2) is 40.3 Å². The van der Waals surface area contributed by atoms with Crippen molar-refractivity contribution >= 4 is 17.7 Å². The summed E-state index contributed by atoms with van der Waals surface area (Å²) in [7, 11) is 3.00. The van der Waals surface area contributed by atoms with Crippen molar-refractivity contribution < 1.29 is 23.5 Å². The second-order valence-electron chi connectivity index (χ2n) is 7.78. The van der Waals surface area contributed by atoms with Crippen molar-refractivity contribution in [2.75, 3.05) is 7.11 Å². The molecule has 0 aliphatic heterocycles. The highest BCUT2D eigenvalue weighted by Crippen LogP contribution is 2.25. The van der Waals surface area contributed by atoms with Crippen LogP contribution < -0.4 is 0 Å². The normalized spacial score (nSPS) is 11.8.